The summed E-state index contributed by atoms with van der Waals surface area (Å²) in [5.41, 5.74) is 0. The van der Waals surface area contributed by atoms with E-state index < -0.39 is 36.0 Å². The SMILES string of the molecule is COC(=O)C(C)N(C)[C-]=O.COC(=O)[C@@H](C)N(C)[C-]=O.COC(=O)[C@H](C)N(C)[C-]=O.II.[Y].[Y].[Y]. The second kappa shape index (κ2) is 35.6. The topological polar surface area (TPSA) is 140 Å². The van der Waals surface area contributed by atoms with Crippen molar-refractivity contribution in [3.8, 4) is 0 Å². The number of ether oxygens (including phenoxy) is 3. The van der Waals surface area contributed by atoms with Crippen LogP contribution < -0.4 is 0 Å². The van der Waals surface area contributed by atoms with E-state index in [1.807, 2.05) is 0 Å². The van der Waals surface area contributed by atoms with E-state index in [1.54, 1.807) is 40.0 Å². The molecule has 35 heavy (non-hydrogen) atoms. The Morgan fingerprint density at radius 1 is 0.571 bits per heavy atom. The number of carbonyl (C=O) groups is 3. The van der Waals surface area contributed by atoms with Gasteiger partial charge in [-0.3, -0.25) is 0 Å². The van der Waals surface area contributed by atoms with E-state index in [0.717, 1.165) is 14.7 Å². The fourth-order valence-electron chi connectivity index (χ4n) is 1.22. The van der Waals surface area contributed by atoms with Crippen molar-refractivity contribution in [2.75, 3.05) is 42.5 Å². The fraction of sp³-hybridized carbons (Fsp3) is 0.667. The summed E-state index contributed by atoms with van der Waals surface area (Å²) in [7, 11) is 8.23. The maximum Gasteiger partial charge on any atom is 0.325 e. The van der Waals surface area contributed by atoms with Crippen molar-refractivity contribution < 1.29 is 141 Å². The maximum absolute atomic E-state index is 10.7. The number of nitrogens with zero attached hydrogens (tertiary/aromatic N) is 3. The summed E-state index contributed by atoms with van der Waals surface area (Å²) >= 11 is 4.24. The Kier molecular flexibility index (Phi) is 53.8. The van der Waals surface area contributed by atoms with Crippen molar-refractivity contribution in [1.29, 1.82) is 0 Å². The van der Waals surface area contributed by atoms with Gasteiger partial charge in [-0.05, 0) is 41.9 Å². The summed E-state index contributed by atoms with van der Waals surface area (Å²) in [5.74, 6) is -1.32. The second-order valence-electron chi connectivity index (χ2n) is 5.70. The van der Waals surface area contributed by atoms with Crippen LogP contribution in [0, 0.1) is 0 Å². The van der Waals surface area contributed by atoms with E-state index >= 15 is 0 Å². The van der Waals surface area contributed by atoms with Crippen LogP contribution in [-0.2, 0) is 141 Å². The van der Waals surface area contributed by atoms with Gasteiger partial charge in [0.2, 0.25) is 0 Å². The third-order valence-corrected chi connectivity index (χ3v) is 3.80. The van der Waals surface area contributed by atoms with Crippen LogP contribution in [0.2, 0.25) is 0 Å². The number of rotatable bonds is 9. The number of hydrogen-bond donors (Lipinski definition) is 0. The largest absolute Gasteiger partial charge is 0.520 e. The zero-order valence-electron chi connectivity index (χ0n) is 21.2. The molecular formula is C18H30I2N3O9Y3-3. The number of hydrogen-bond acceptors (Lipinski definition) is 9. The predicted octanol–water partition coefficient (Wildman–Crippen LogP) is 0.405. The average molecular weight is 953 g/mol. The molecule has 0 rings (SSSR count). The zero-order valence-corrected chi connectivity index (χ0v) is 34.1. The molecule has 1 unspecified atom stereocenters. The minimum absolute atomic E-state index is 0. The van der Waals surface area contributed by atoms with Crippen molar-refractivity contribution in [1.82, 2.24) is 14.7 Å². The van der Waals surface area contributed by atoms with Crippen LogP contribution in [0.1, 0.15) is 20.8 Å². The quantitative estimate of drug-likeness (QED) is 0.106. The number of amides is 3. The van der Waals surface area contributed by atoms with Crippen molar-refractivity contribution in [2.24, 2.45) is 0 Å². The summed E-state index contributed by atoms with van der Waals surface area (Å²) in [6.45, 7) is 4.70. The number of carbonyl (C=O) groups excluding carboxylic acids is 6. The Morgan fingerprint density at radius 3 is 0.800 bits per heavy atom. The monoisotopic (exact) mass is 953 g/mol. The molecule has 0 aliphatic rings. The molecule has 0 aliphatic carbocycles. The molecule has 3 atom stereocenters. The smallest absolute Gasteiger partial charge is 0.325 e. The van der Waals surface area contributed by atoms with Crippen LogP contribution in [-0.4, -0.2) is 112 Å². The van der Waals surface area contributed by atoms with Gasteiger partial charge in [-0.1, -0.05) is 0 Å². The van der Waals surface area contributed by atoms with Crippen LogP contribution in [0.25, 0.3) is 0 Å². The Hall–Kier alpha value is 1.59. The molecule has 0 spiro atoms. The Bertz CT molecular complexity index is 507. The van der Waals surface area contributed by atoms with Crippen molar-refractivity contribution in [2.45, 2.75) is 38.9 Å². The molecule has 0 heterocycles. The maximum atomic E-state index is 10.7. The molecule has 3 radical (unpaired) electrons. The first kappa shape index (κ1) is 52.9. The third-order valence-electron chi connectivity index (χ3n) is 3.80. The third kappa shape index (κ3) is 28.4. The molecular weight excluding hydrogens is 923 g/mol. The number of esters is 3. The molecule has 0 saturated heterocycles. The Morgan fingerprint density at radius 2 is 0.714 bits per heavy atom. The van der Waals surface area contributed by atoms with E-state index in [9.17, 15) is 28.8 Å². The van der Waals surface area contributed by atoms with Gasteiger partial charge in [0.1, 0.15) is 0 Å². The van der Waals surface area contributed by atoms with Crippen LogP contribution in [0.3, 0.4) is 0 Å². The van der Waals surface area contributed by atoms with Crippen molar-refractivity contribution in [3.05, 3.63) is 0 Å². The Labute approximate surface area is 306 Å². The first-order chi connectivity index (χ1) is 14.9. The van der Waals surface area contributed by atoms with Gasteiger partial charge < -0.3 is 43.3 Å². The molecule has 17 heteroatoms. The summed E-state index contributed by atoms with van der Waals surface area (Å²) in [5, 5.41) is 0. The molecule has 0 saturated carbocycles. The minimum Gasteiger partial charge on any atom is -0.520 e. The van der Waals surface area contributed by atoms with Gasteiger partial charge in [0.15, 0.2) is 0 Å². The van der Waals surface area contributed by atoms with E-state index in [2.05, 4.69) is 51.4 Å². The van der Waals surface area contributed by atoms with E-state index in [4.69, 9.17) is 0 Å². The molecule has 0 bridgehead atoms. The predicted molar refractivity (Wildman–Crippen MR) is 133 cm³/mol. The van der Waals surface area contributed by atoms with E-state index in [-0.39, 0.29) is 98.1 Å². The Balaban J connectivity index is -0.0000000622. The van der Waals surface area contributed by atoms with Gasteiger partial charge in [-0.15, -0.1) is 0 Å². The van der Waals surface area contributed by atoms with Gasteiger partial charge in [0.25, 0.3) is 0 Å². The molecule has 0 aromatic rings. The van der Waals surface area contributed by atoms with Gasteiger partial charge in [0.05, 0.1) is 39.5 Å². The number of methoxy groups -OCH3 is 3. The standard InChI is InChI=1S/3C6H10NO3.I2.3Y/c3*1-5(6(9)10-3)7(2)4-8;1-2;;;/h3*5H,1-3H3;;;;/q3*-1;;;;/t2*5-;;;;;/m10...../s1. The second-order valence-corrected chi connectivity index (χ2v) is 5.70. The van der Waals surface area contributed by atoms with Crippen LogP contribution in [0.4, 0.5) is 0 Å². The van der Waals surface area contributed by atoms with Gasteiger partial charge in [0, 0.05) is 135 Å². The molecule has 0 aromatic heterocycles. The number of halogens is 2. The van der Waals surface area contributed by atoms with Crippen LogP contribution in [0.15, 0.2) is 0 Å². The first-order valence-electron chi connectivity index (χ1n) is 8.59. The van der Waals surface area contributed by atoms with E-state index in [1.165, 1.54) is 42.5 Å². The molecule has 12 nitrogen and oxygen atoms in total. The first-order valence-corrected chi connectivity index (χ1v) is 14.9. The molecule has 0 aliphatic heterocycles. The molecule has 0 fully saturated rings. The van der Waals surface area contributed by atoms with Gasteiger partial charge >= 0.3 is 17.9 Å². The van der Waals surface area contributed by atoms with Crippen molar-refractivity contribution in [3.63, 3.8) is 0 Å². The summed E-state index contributed by atoms with van der Waals surface area (Å²) in [4.78, 5) is 65.2. The zero-order chi connectivity index (χ0) is 26.4. The van der Waals surface area contributed by atoms with Gasteiger partial charge in [-0.25, -0.2) is 14.4 Å². The fourth-order valence-corrected chi connectivity index (χ4v) is 1.22. The van der Waals surface area contributed by atoms with Crippen LogP contribution in [0.5, 0.6) is 0 Å². The summed E-state index contributed by atoms with van der Waals surface area (Å²) in [6, 6.07) is -1.66. The summed E-state index contributed by atoms with van der Waals surface area (Å²) in [6.07, 6.45) is 4.69. The normalized spacial score (nSPS) is 10.4. The minimum atomic E-state index is -0.553. The van der Waals surface area contributed by atoms with E-state index in [0.29, 0.717) is 0 Å². The summed E-state index contributed by atoms with van der Waals surface area (Å²) < 4.78 is 13.1. The van der Waals surface area contributed by atoms with Crippen LogP contribution >= 0.6 is 37.2 Å². The number of likely N-dealkylation sites (N-methyl/N-ethyl adjacent to an activating group) is 3. The van der Waals surface area contributed by atoms with Gasteiger partial charge in [-0.2, -0.15) is 19.2 Å². The van der Waals surface area contributed by atoms with Crippen molar-refractivity contribution >= 4 is 74.4 Å². The molecule has 197 valence electrons. The molecule has 3 amide bonds. The molecule has 0 aromatic carbocycles. The molecule has 0 N–H and O–H groups in total. The average Bonchev–Trinajstić information content (AvgIpc) is 2.85.